The molecule has 0 heterocycles. The zero-order valence-corrected chi connectivity index (χ0v) is 13.5. The summed E-state index contributed by atoms with van der Waals surface area (Å²) in [7, 11) is 0. The third kappa shape index (κ3) is 8.46. The normalized spacial score (nSPS) is 8.74. The van der Waals surface area contributed by atoms with E-state index in [-0.39, 0.29) is 5.75 Å². The Balaban J connectivity index is 0.000000175. The number of phenols is 1. The zero-order valence-electron chi connectivity index (χ0n) is 12.4. The molecule has 3 aromatic carbocycles. The predicted molar refractivity (Wildman–Crippen MR) is 94.1 cm³/mol. The minimum Gasteiger partial charge on any atom is -0.699 e. The fraction of sp³-hybridized carbons (Fsp3) is 0. The monoisotopic (exact) mass is 349 g/mol. The van der Waals surface area contributed by atoms with E-state index >= 15 is 0 Å². The van der Waals surface area contributed by atoms with E-state index in [0.717, 1.165) is 5.56 Å². The zero-order chi connectivity index (χ0) is 16.9. The fourth-order valence-corrected chi connectivity index (χ4v) is 1.70. The van der Waals surface area contributed by atoms with Crippen LogP contribution in [0.1, 0.15) is 5.56 Å². The van der Waals surface area contributed by atoms with Crippen LogP contribution in [-0.4, -0.2) is 10.1 Å². The molecule has 0 aliphatic carbocycles. The average Bonchev–Trinajstić information content (AvgIpc) is 2.58. The molecule has 0 spiro atoms. The standard InChI is InChI=1S/C7H6O.2C6H6N.Co/c1-6-4-2-3-5-7(6)8;2*7-6-4-2-1-3-5-6;/h1-5,8H;2*1-5,7H;/q;2*-1;. The number of aromatic hydroxyl groups is 1. The number of nitrogens with one attached hydrogen (secondary N) is 2. The molecule has 0 aromatic heterocycles. The van der Waals surface area contributed by atoms with Crippen LogP contribution in [-0.2, 0) is 15.3 Å². The number of hydrogen-bond donors (Lipinski definition) is 1. The van der Waals surface area contributed by atoms with Gasteiger partial charge in [-0.3, -0.25) is 0 Å². The third-order valence-corrected chi connectivity index (χ3v) is 2.91. The van der Waals surface area contributed by atoms with Crippen molar-refractivity contribution in [1.82, 2.24) is 0 Å². The first-order valence-corrected chi connectivity index (χ1v) is 7.45. The molecule has 0 aliphatic rings. The van der Waals surface area contributed by atoms with Crippen molar-refractivity contribution in [3.63, 3.8) is 0 Å². The van der Waals surface area contributed by atoms with E-state index in [1.165, 1.54) is 0 Å². The molecule has 0 saturated carbocycles. The van der Waals surface area contributed by atoms with Crippen LogP contribution in [0.5, 0.6) is 5.75 Å². The molecule has 3 aromatic rings. The van der Waals surface area contributed by atoms with Crippen molar-refractivity contribution in [3.8, 4) is 5.75 Å². The van der Waals surface area contributed by atoms with Gasteiger partial charge in [-0.25, -0.2) is 0 Å². The SMILES string of the molecule is Oc1ccccc1[CH]=[Co].[NH-]c1ccccc1.[NH-]c1ccccc1. The van der Waals surface area contributed by atoms with E-state index in [0.29, 0.717) is 11.4 Å². The molecule has 23 heavy (non-hydrogen) atoms. The van der Waals surface area contributed by atoms with Crippen molar-refractivity contribution in [2.75, 3.05) is 0 Å². The van der Waals surface area contributed by atoms with Crippen LogP contribution < -0.4 is 0 Å². The summed E-state index contributed by atoms with van der Waals surface area (Å²) in [5.41, 5.74) is 15.9. The molecule has 4 heteroatoms. The van der Waals surface area contributed by atoms with E-state index < -0.39 is 0 Å². The quantitative estimate of drug-likeness (QED) is 0.590. The Morgan fingerprint density at radius 3 is 1.30 bits per heavy atom. The Morgan fingerprint density at radius 1 is 0.652 bits per heavy atom. The first-order valence-electron chi connectivity index (χ1n) is 6.85. The Labute approximate surface area is 144 Å². The maximum absolute atomic E-state index is 9.03. The van der Waals surface area contributed by atoms with Crippen molar-refractivity contribution in [2.45, 2.75) is 0 Å². The molecule has 3 N–H and O–H groups in total. The smallest absolute Gasteiger partial charge is 0.0624 e. The predicted octanol–water partition coefficient (Wildman–Crippen LogP) is 5.83. The number of para-hydroxylation sites is 1. The van der Waals surface area contributed by atoms with Crippen LogP contribution in [0.4, 0.5) is 11.4 Å². The van der Waals surface area contributed by atoms with Crippen molar-refractivity contribution < 1.29 is 20.4 Å². The van der Waals surface area contributed by atoms with Gasteiger partial charge in [0.05, 0.1) is 0 Å². The van der Waals surface area contributed by atoms with Gasteiger partial charge in [-0.1, -0.05) is 60.7 Å². The van der Waals surface area contributed by atoms with Crippen LogP contribution in [0.15, 0.2) is 84.9 Å². The molecular formula is C19H18CoN2O-2. The molecule has 0 amide bonds. The van der Waals surface area contributed by atoms with Crippen molar-refractivity contribution >= 4 is 16.3 Å². The fourth-order valence-electron chi connectivity index (χ4n) is 1.45. The second-order valence-electron chi connectivity index (χ2n) is 4.39. The Morgan fingerprint density at radius 2 is 1.04 bits per heavy atom. The Bertz CT molecular complexity index is 651. The molecule has 3 nitrogen and oxygen atoms in total. The van der Waals surface area contributed by atoms with Gasteiger partial charge in [-0.2, -0.15) is 0 Å². The summed E-state index contributed by atoms with van der Waals surface area (Å²) in [5, 5.41) is 9.03. The van der Waals surface area contributed by atoms with E-state index in [1.54, 1.807) is 47.4 Å². The van der Waals surface area contributed by atoms with Gasteiger partial charge in [0.1, 0.15) is 0 Å². The molecule has 0 unspecified atom stereocenters. The van der Waals surface area contributed by atoms with Gasteiger partial charge in [0.25, 0.3) is 0 Å². The first-order chi connectivity index (χ1) is 11.1. The van der Waals surface area contributed by atoms with Gasteiger partial charge in [0.2, 0.25) is 0 Å². The second kappa shape index (κ2) is 11.1. The molecule has 0 radical (unpaired) electrons. The first kappa shape index (κ1) is 18.5. The van der Waals surface area contributed by atoms with Crippen molar-refractivity contribution in [2.24, 2.45) is 0 Å². The third-order valence-electron chi connectivity index (χ3n) is 2.59. The molecule has 0 aliphatic heterocycles. The summed E-state index contributed by atoms with van der Waals surface area (Å²) < 4.78 is 0. The number of rotatable bonds is 1. The van der Waals surface area contributed by atoms with Gasteiger partial charge in [0, 0.05) is 0 Å². The Kier molecular flexibility index (Phi) is 8.89. The van der Waals surface area contributed by atoms with E-state index in [4.69, 9.17) is 16.6 Å². The average molecular weight is 349 g/mol. The summed E-state index contributed by atoms with van der Waals surface area (Å²) >= 11 is 3.94. The van der Waals surface area contributed by atoms with Crippen LogP contribution >= 0.6 is 0 Å². The van der Waals surface area contributed by atoms with Crippen LogP contribution in [0, 0.1) is 0 Å². The van der Waals surface area contributed by atoms with Crippen LogP contribution in [0.25, 0.3) is 11.5 Å². The number of benzene rings is 3. The summed E-state index contributed by atoms with van der Waals surface area (Å²) in [5.74, 6) is 0.269. The Hall–Kier alpha value is -2.56. The molecule has 3 rings (SSSR count). The molecule has 0 atom stereocenters. The van der Waals surface area contributed by atoms with E-state index in [1.807, 2.05) is 42.5 Å². The topological polar surface area (TPSA) is 67.8 Å². The van der Waals surface area contributed by atoms with Gasteiger partial charge < -0.3 is 11.5 Å². The summed E-state index contributed by atoms with van der Waals surface area (Å²) in [6.07, 6.45) is 0. The van der Waals surface area contributed by atoms with Gasteiger partial charge in [-0.05, 0) is 0 Å². The van der Waals surface area contributed by atoms with Gasteiger partial charge >= 0.3 is 60.9 Å². The summed E-state index contributed by atoms with van der Waals surface area (Å²) in [6, 6.07) is 25.2. The minimum absolute atomic E-state index is 0.269. The number of phenolic OH excluding ortho intramolecular Hbond substituents is 1. The molecule has 0 saturated heterocycles. The summed E-state index contributed by atoms with van der Waals surface area (Å²) in [4.78, 5) is 1.56. The minimum atomic E-state index is 0.269. The van der Waals surface area contributed by atoms with Gasteiger partial charge in [-0.15, -0.1) is 11.4 Å². The van der Waals surface area contributed by atoms with Gasteiger partial charge in [0.15, 0.2) is 0 Å². The molecular weight excluding hydrogens is 331 g/mol. The largest absolute Gasteiger partial charge is 0.699 e. The van der Waals surface area contributed by atoms with Crippen molar-refractivity contribution in [1.29, 1.82) is 0 Å². The van der Waals surface area contributed by atoms with Crippen LogP contribution in [0.3, 0.4) is 0 Å². The number of hydrogen-bond acceptors (Lipinski definition) is 1. The van der Waals surface area contributed by atoms with E-state index in [9.17, 15) is 0 Å². The summed E-state index contributed by atoms with van der Waals surface area (Å²) in [6.45, 7) is 0. The molecule has 0 bridgehead atoms. The van der Waals surface area contributed by atoms with E-state index in [2.05, 4.69) is 15.3 Å². The second-order valence-corrected chi connectivity index (χ2v) is 4.69. The van der Waals surface area contributed by atoms with Crippen molar-refractivity contribution in [3.05, 3.63) is 102 Å². The maximum atomic E-state index is 9.03. The maximum Gasteiger partial charge on any atom is -0.0624 e. The molecule has 121 valence electrons. The molecule has 0 fully saturated rings. The van der Waals surface area contributed by atoms with Crippen LogP contribution in [0.2, 0.25) is 0 Å².